The third-order valence-electron chi connectivity index (χ3n) is 4.53. The van der Waals surface area contributed by atoms with Gasteiger partial charge in [0.2, 0.25) is 24.6 Å². The number of hydrogen-bond donors (Lipinski definition) is 1. The van der Waals surface area contributed by atoms with Crippen molar-refractivity contribution in [2.75, 3.05) is 48.6 Å². The van der Waals surface area contributed by atoms with Gasteiger partial charge in [-0.1, -0.05) is 6.07 Å². The van der Waals surface area contributed by atoms with Gasteiger partial charge in [0.25, 0.3) is 0 Å². The molecule has 2 fully saturated rings. The molecule has 0 saturated carbocycles. The average Bonchev–Trinajstić information content (AvgIpc) is 3.40. The van der Waals surface area contributed by atoms with E-state index in [4.69, 9.17) is 14.2 Å². The molecule has 10 heteroatoms. The second kappa shape index (κ2) is 6.36. The van der Waals surface area contributed by atoms with E-state index in [0.29, 0.717) is 36.6 Å². The number of thioether (sulfide) groups is 1. The minimum Gasteiger partial charge on any atom is -0.454 e. The summed E-state index contributed by atoms with van der Waals surface area (Å²) in [5.74, 6) is 2.88. The lowest BCUT2D eigenvalue weighted by Gasteiger charge is -2.25. The van der Waals surface area contributed by atoms with Gasteiger partial charge in [-0.3, -0.25) is 9.69 Å². The third-order valence-corrected chi connectivity index (χ3v) is 5.75. The van der Waals surface area contributed by atoms with Gasteiger partial charge in [-0.25, -0.2) is 5.10 Å². The fraction of sp³-hybridized carbons (Fsp3) is 0.438. The van der Waals surface area contributed by atoms with Crippen LogP contribution in [0.1, 0.15) is 10.9 Å². The average molecular weight is 375 g/mol. The molecule has 0 bridgehead atoms. The minimum atomic E-state index is -0.178. The molecule has 1 N–H and O–H groups in total. The molecule has 1 amide bonds. The molecule has 4 heterocycles. The van der Waals surface area contributed by atoms with E-state index in [1.165, 1.54) is 0 Å². The molecular formula is C16H17N5O4S. The zero-order chi connectivity index (χ0) is 17.5. The first kappa shape index (κ1) is 15.8. The standard InChI is InChI=1S/C16H17N5O4S/c22-13-8-26-14(10-1-2-11-12(7-10)25-9-24-11)21(13)16-17-15(18-19-16)20-3-5-23-6-4-20/h1-2,7,14H,3-6,8-9H2,(H,17,18,19). The maximum absolute atomic E-state index is 12.5. The molecule has 1 atom stereocenters. The summed E-state index contributed by atoms with van der Waals surface area (Å²) in [5.41, 5.74) is 0.967. The van der Waals surface area contributed by atoms with Gasteiger partial charge >= 0.3 is 0 Å². The smallest absolute Gasteiger partial charge is 0.246 e. The number of carbonyl (C=O) groups is 1. The van der Waals surface area contributed by atoms with Gasteiger partial charge in [0.05, 0.1) is 19.0 Å². The van der Waals surface area contributed by atoms with Crippen molar-refractivity contribution >= 4 is 29.6 Å². The molecule has 1 aromatic carbocycles. The van der Waals surface area contributed by atoms with Gasteiger partial charge in [-0.15, -0.1) is 16.9 Å². The van der Waals surface area contributed by atoms with Gasteiger partial charge in [0, 0.05) is 13.1 Å². The number of aromatic amines is 1. The van der Waals surface area contributed by atoms with E-state index in [0.717, 1.165) is 24.4 Å². The molecule has 3 aliphatic heterocycles. The number of hydrogen-bond acceptors (Lipinski definition) is 8. The molecule has 0 spiro atoms. The van der Waals surface area contributed by atoms with E-state index < -0.39 is 0 Å². The van der Waals surface area contributed by atoms with Crippen molar-refractivity contribution < 1.29 is 19.0 Å². The van der Waals surface area contributed by atoms with Crippen LogP contribution in [0.5, 0.6) is 11.5 Å². The van der Waals surface area contributed by atoms with Crippen molar-refractivity contribution in [1.29, 1.82) is 0 Å². The Kier molecular flexibility index (Phi) is 3.86. The Morgan fingerprint density at radius 1 is 1.19 bits per heavy atom. The number of morpholine rings is 1. The van der Waals surface area contributed by atoms with E-state index in [2.05, 4.69) is 15.2 Å². The number of benzene rings is 1. The number of H-pyrrole nitrogens is 1. The van der Waals surface area contributed by atoms with Crippen molar-refractivity contribution in [2.45, 2.75) is 5.37 Å². The summed E-state index contributed by atoms with van der Waals surface area (Å²) in [7, 11) is 0. The molecule has 26 heavy (non-hydrogen) atoms. The number of anilines is 2. The first-order valence-corrected chi connectivity index (χ1v) is 9.43. The van der Waals surface area contributed by atoms with Crippen LogP contribution < -0.4 is 19.3 Å². The molecule has 2 aromatic rings. The fourth-order valence-corrected chi connectivity index (χ4v) is 4.37. The lowest BCUT2D eigenvalue weighted by molar-refractivity contribution is -0.115. The van der Waals surface area contributed by atoms with E-state index >= 15 is 0 Å². The fourth-order valence-electron chi connectivity index (χ4n) is 3.22. The minimum absolute atomic E-state index is 0.00217. The predicted molar refractivity (Wildman–Crippen MR) is 94.7 cm³/mol. The lowest BCUT2D eigenvalue weighted by Crippen LogP contribution is -2.37. The topological polar surface area (TPSA) is 92.8 Å². The Bertz CT molecular complexity index is 838. The summed E-state index contributed by atoms with van der Waals surface area (Å²) in [6, 6.07) is 5.75. The Hall–Kier alpha value is -2.46. The van der Waals surface area contributed by atoms with Crippen LogP contribution in [0.3, 0.4) is 0 Å². The highest BCUT2D eigenvalue weighted by Gasteiger charge is 2.37. The van der Waals surface area contributed by atoms with Crippen molar-refractivity contribution in [2.24, 2.45) is 0 Å². The van der Waals surface area contributed by atoms with Crippen molar-refractivity contribution in [1.82, 2.24) is 15.2 Å². The molecule has 136 valence electrons. The van der Waals surface area contributed by atoms with Crippen molar-refractivity contribution in [3.05, 3.63) is 23.8 Å². The van der Waals surface area contributed by atoms with Gasteiger partial charge < -0.3 is 19.1 Å². The van der Waals surface area contributed by atoms with E-state index in [1.54, 1.807) is 16.7 Å². The zero-order valence-electron chi connectivity index (χ0n) is 13.9. The van der Waals surface area contributed by atoms with Gasteiger partial charge in [-0.05, 0) is 17.7 Å². The van der Waals surface area contributed by atoms with E-state index in [1.807, 2.05) is 23.1 Å². The largest absolute Gasteiger partial charge is 0.454 e. The van der Waals surface area contributed by atoms with Crippen LogP contribution in [0.25, 0.3) is 0 Å². The maximum Gasteiger partial charge on any atom is 0.246 e. The first-order chi connectivity index (χ1) is 12.8. The predicted octanol–water partition coefficient (Wildman–Crippen LogP) is 1.15. The normalized spacial score (nSPS) is 22.3. The summed E-state index contributed by atoms with van der Waals surface area (Å²) in [5, 5.41) is 7.03. The summed E-state index contributed by atoms with van der Waals surface area (Å²) >= 11 is 1.56. The molecule has 0 aliphatic carbocycles. The van der Waals surface area contributed by atoms with Gasteiger partial charge in [-0.2, -0.15) is 4.98 Å². The molecule has 0 radical (unpaired) electrons. The molecule has 3 aliphatic rings. The van der Waals surface area contributed by atoms with Crippen LogP contribution in [0.4, 0.5) is 11.9 Å². The number of aromatic nitrogens is 3. The molecule has 2 saturated heterocycles. The quantitative estimate of drug-likeness (QED) is 0.854. The second-order valence-corrected chi connectivity index (χ2v) is 7.17. The maximum atomic E-state index is 12.5. The SMILES string of the molecule is O=C1CSC(c2ccc3c(c2)OCO3)N1c1nc(N2CCOCC2)n[nH]1. The van der Waals surface area contributed by atoms with Crippen LogP contribution in [0.2, 0.25) is 0 Å². The molecule has 1 unspecified atom stereocenters. The number of carbonyl (C=O) groups excluding carboxylic acids is 1. The lowest BCUT2D eigenvalue weighted by atomic mass is 10.2. The summed E-state index contributed by atoms with van der Waals surface area (Å²) in [4.78, 5) is 20.8. The highest BCUT2D eigenvalue weighted by atomic mass is 32.2. The number of amides is 1. The Balaban J connectivity index is 1.43. The summed E-state index contributed by atoms with van der Waals surface area (Å²) in [6.07, 6.45) is 0. The summed E-state index contributed by atoms with van der Waals surface area (Å²) < 4.78 is 16.2. The molecule has 9 nitrogen and oxygen atoms in total. The number of rotatable bonds is 3. The van der Waals surface area contributed by atoms with E-state index in [9.17, 15) is 4.79 Å². The molecule has 5 rings (SSSR count). The number of nitrogens with one attached hydrogen (secondary N) is 1. The van der Waals surface area contributed by atoms with Crippen LogP contribution in [-0.4, -0.2) is 59.9 Å². The summed E-state index contributed by atoms with van der Waals surface area (Å²) in [6.45, 7) is 3.02. The monoisotopic (exact) mass is 375 g/mol. The highest BCUT2D eigenvalue weighted by molar-refractivity contribution is 8.00. The van der Waals surface area contributed by atoms with Crippen LogP contribution in [-0.2, 0) is 9.53 Å². The molecular weight excluding hydrogens is 358 g/mol. The van der Waals surface area contributed by atoms with E-state index in [-0.39, 0.29) is 18.1 Å². The van der Waals surface area contributed by atoms with Crippen LogP contribution >= 0.6 is 11.8 Å². The van der Waals surface area contributed by atoms with Crippen LogP contribution in [0, 0.1) is 0 Å². The number of fused-ring (bicyclic) bond motifs is 1. The highest BCUT2D eigenvalue weighted by Crippen LogP contribution is 2.44. The Morgan fingerprint density at radius 3 is 2.92 bits per heavy atom. The third kappa shape index (κ3) is 2.65. The second-order valence-electron chi connectivity index (χ2n) is 6.10. The van der Waals surface area contributed by atoms with Gasteiger partial charge in [0.1, 0.15) is 5.37 Å². The molecule has 1 aromatic heterocycles. The first-order valence-electron chi connectivity index (χ1n) is 8.38. The van der Waals surface area contributed by atoms with Gasteiger partial charge in [0.15, 0.2) is 11.5 Å². The number of ether oxygens (including phenoxy) is 3. The Labute approximate surface area is 153 Å². The Morgan fingerprint density at radius 2 is 2.04 bits per heavy atom. The number of nitrogens with zero attached hydrogens (tertiary/aromatic N) is 4. The van der Waals surface area contributed by atoms with Crippen LogP contribution in [0.15, 0.2) is 18.2 Å². The van der Waals surface area contributed by atoms with Crippen molar-refractivity contribution in [3.8, 4) is 11.5 Å². The van der Waals surface area contributed by atoms with Crippen molar-refractivity contribution in [3.63, 3.8) is 0 Å². The zero-order valence-corrected chi connectivity index (χ0v) is 14.7.